The van der Waals surface area contributed by atoms with Gasteiger partial charge in [-0.3, -0.25) is 4.99 Å². The third-order valence-corrected chi connectivity index (χ3v) is 2.96. The molecular weight excluding hydrogens is 268 g/mol. The smallest absolute Gasteiger partial charge is 0.326 e. The molecule has 0 saturated carbocycles. The quantitative estimate of drug-likeness (QED) is 0.459. The van der Waals surface area contributed by atoms with Crippen LogP contribution in [-0.2, 0) is 9.53 Å². The van der Waals surface area contributed by atoms with Crippen LogP contribution in [-0.4, -0.2) is 51.8 Å². The van der Waals surface area contributed by atoms with Gasteiger partial charge in [0.15, 0.2) is 0 Å². The predicted octanol–water partition coefficient (Wildman–Crippen LogP) is 0.394. The molecule has 0 aromatic heterocycles. The van der Waals surface area contributed by atoms with E-state index in [9.17, 15) is 9.90 Å². The molecule has 0 radical (unpaired) electrons. The minimum atomic E-state index is -0.892. The van der Waals surface area contributed by atoms with Gasteiger partial charge in [-0.25, -0.2) is 4.79 Å². The van der Waals surface area contributed by atoms with E-state index in [2.05, 4.69) is 4.99 Å². The van der Waals surface area contributed by atoms with E-state index in [0.717, 1.165) is 6.42 Å². The fraction of sp³-hybridized carbons (Fsp3) is 0.750. The Morgan fingerprint density at radius 2 is 2.21 bits per heavy atom. The molecule has 1 atom stereocenters. The minimum absolute atomic E-state index is 0.00593. The molecule has 6 nitrogen and oxygen atoms in total. The van der Waals surface area contributed by atoms with Crippen LogP contribution in [0, 0.1) is 0 Å². The first-order valence-electron chi connectivity index (χ1n) is 6.13. The molecule has 0 aromatic rings. The fourth-order valence-corrected chi connectivity index (χ4v) is 2.12. The van der Waals surface area contributed by atoms with Gasteiger partial charge in [-0.2, -0.15) is 0 Å². The van der Waals surface area contributed by atoms with Crippen molar-refractivity contribution in [2.75, 3.05) is 13.1 Å². The van der Waals surface area contributed by atoms with Crippen LogP contribution in [0.1, 0.15) is 33.6 Å². The second-order valence-corrected chi connectivity index (χ2v) is 5.85. The second kappa shape index (κ2) is 6.18. The summed E-state index contributed by atoms with van der Waals surface area (Å²) in [5.74, 6) is -0.892. The van der Waals surface area contributed by atoms with Crippen molar-refractivity contribution in [1.82, 2.24) is 4.90 Å². The Hall–Kier alpha value is -1.37. The Labute approximate surface area is 118 Å². The predicted molar refractivity (Wildman–Crippen MR) is 73.1 cm³/mol. The molecule has 19 heavy (non-hydrogen) atoms. The number of aliphatic carboxylic acids is 1. The van der Waals surface area contributed by atoms with Gasteiger partial charge in [-0.15, -0.1) is 0 Å². The van der Waals surface area contributed by atoms with Crippen molar-refractivity contribution >= 4 is 29.3 Å². The summed E-state index contributed by atoms with van der Waals surface area (Å²) < 4.78 is 5.02. The highest BCUT2D eigenvalue weighted by atomic mass is 32.1. The van der Waals surface area contributed by atoms with E-state index in [4.69, 9.17) is 22.1 Å². The van der Waals surface area contributed by atoms with Gasteiger partial charge in [0.25, 0.3) is 0 Å². The minimum Gasteiger partial charge on any atom is -0.595 e. The van der Waals surface area contributed by atoms with Crippen LogP contribution in [0.3, 0.4) is 0 Å². The molecule has 0 aromatic carbocycles. The van der Waals surface area contributed by atoms with Gasteiger partial charge in [-0.05, 0) is 12.8 Å². The zero-order chi connectivity index (χ0) is 14.6. The molecule has 0 aliphatic carbocycles. The van der Waals surface area contributed by atoms with Gasteiger partial charge < -0.3 is 19.8 Å². The molecule has 1 saturated heterocycles. The Bertz CT molecular complexity index is 390. The summed E-state index contributed by atoms with van der Waals surface area (Å²) in [6.07, 6.45) is 0.673. The summed E-state index contributed by atoms with van der Waals surface area (Å²) in [6, 6.07) is -0.596. The van der Waals surface area contributed by atoms with E-state index in [1.807, 2.05) is 0 Å². The molecule has 1 aliphatic rings. The zero-order valence-corrected chi connectivity index (χ0v) is 12.2. The van der Waals surface area contributed by atoms with Crippen molar-refractivity contribution in [2.24, 2.45) is 4.99 Å². The molecule has 0 amide bonds. The van der Waals surface area contributed by atoms with Crippen LogP contribution >= 0.6 is 12.2 Å². The van der Waals surface area contributed by atoms with Crippen molar-refractivity contribution < 1.29 is 19.7 Å². The van der Waals surface area contributed by atoms with Crippen molar-refractivity contribution in [3.63, 3.8) is 0 Å². The van der Waals surface area contributed by atoms with Gasteiger partial charge >= 0.3 is 5.97 Å². The summed E-state index contributed by atoms with van der Waals surface area (Å²) >= 11 is 5.13. The summed E-state index contributed by atoms with van der Waals surface area (Å²) in [4.78, 5) is 16.7. The van der Waals surface area contributed by atoms with Crippen LogP contribution in [0.4, 0.5) is 0 Å². The first-order chi connectivity index (χ1) is 8.70. The largest absolute Gasteiger partial charge is 0.595 e. The third-order valence-electron chi connectivity index (χ3n) is 2.60. The first-order valence-corrected chi connectivity index (χ1v) is 6.54. The third kappa shape index (κ3) is 5.02. The van der Waals surface area contributed by atoms with E-state index in [1.54, 1.807) is 25.7 Å². The van der Waals surface area contributed by atoms with Crippen molar-refractivity contribution in [3.05, 3.63) is 0 Å². The van der Waals surface area contributed by atoms with Crippen LogP contribution in [0.5, 0.6) is 0 Å². The topological polar surface area (TPSA) is 85.2 Å². The number of carboxylic acids is 1. The molecule has 1 heterocycles. The van der Waals surface area contributed by atoms with E-state index >= 15 is 0 Å². The standard InChI is InChI=1S/C12H20N2O4S/c1-12(2,3)18-11(17)13-7-9(19)14-6-4-5-8(14)10(15)16/h8H,4-7H2,1-3H3,(H,13,17)(H,15,16)/p-1/t8-/m0/s1. The molecule has 108 valence electrons. The highest BCUT2D eigenvalue weighted by Gasteiger charge is 2.31. The Morgan fingerprint density at radius 3 is 2.74 bits per heavy atom. The van der Waals surface area contributed by atoms with Crippen molar-refractivity contribution in [2.45, 2.75) is 45.3 Å². The van der Waals surface area contributed by atoms with Crippen molar-refractivity contribution in [3.8, 4) is 0 Å². The van der Waals surface area contributed by atoms with Crippen LogP contribution in [0.2, 0.25) is 0 Å². The highest BCUT2D eigenvalue weighted by molar-refractivity contribution is 7.80. The number of aliphatic imine (C=N–C) groups is 1. The van der Waals surface area contributed by atoms with E-state index in [1.165, 1.54) is 0 Å². The molecular formula is C12H19N2O4S-. The van der Waals surface area contributed by atoms with Gasteiger partial charge in [0, 0.05) is 12.1 Å². The second-order valence-electron chi connectivity index (χ2n) is 5.38. The van der Waals surface area contributed by atoms with E-state index < -0.39 is 23.7 Å². The molecule has 0 bridgehead atoms. The average molecular weight is 287 g/mol. The van der Waals surface area contributed by atoms with Gasteiger partial charge in [0.05, 0.1) is 6.54 Å². The number of hydrogen-bond acceptors (Lipinski definition) is 5. The Kier molecular flexibility index (Phi) is 5.11. The number of likely N-dealkylation sites (tertiary alicyclic amines) is 1. The number of rotatable bonds is 3. The van der Waals surface area contributed by atoms with E-state index in [-0.39, 0.29) is 6.54 Å². The lowest BCUT2D eigenvalue weighted by molar-refractivity contribution is -0.260. The Morgan fingerprint density at radius 1 is 1.58 bits per heavy atom. The number of hydrogen-bond donors (Lipinski definition) is 1. The highest BCUT2D eigenvalue weighted by Crippen LogP contribution is 2.18. The summed E-state index contributed by atoms with van der Waals surface area (Å²) in [5, 5.41) is 20.4. The summed E-state index contributed by atoms with van der Waals surface area (Å²) in [7, 11) is 0. The summed E-state index contributed by atoms with van der Waals surface area (Å²) in [5.41, 5.74) is -0.598. The molecule has 0 unspecified atom stereocenters. The van der Waals surface area contributed by atoms with Gasteiger partial charge in [0.2, 0.25) is 0 Å². The molecule has 1 N–H and O–H groups in total. The molecule has 1 aliphatic heterocycles. The number of thiocarbonyl (C=S) groups is 1. The molecule has 1 rings (SSSR count). The fourth-order valence-electron chi connectivity index (χ4n) is 1.84. The number of nitrogens with zero attached hydrogens (tertiary/aromatic N) is 2. The van der Waals surface area contributed by atoms with Gasteiger partial charge in [0.1, 0.15) is 17.1 Å². The van der Waals surface area contributed by atoms with E-state index in [0.29, 0.717) is 18.0 Å². The average Bonchev–Trinajstić information content (AvgIpc) is 2.72. The lowest BCUT2D eigenvalue weighted by atomic mass is 10.2. The maximum atomic E-state index is 11.4. The SMILES string of the molecule is CC(C)(C)OC([O-])=NCC(=S)N1CCC[C@H]1C(=O)O. The molecule has 7 heteroatoms. The zero-order valence-electron chi connectivity index (χ0n) is 11.4. The maximum absolute atomic E-state index is 11.4. The van der Waals surface area contributed by atoms with Crippen molar-refractivity contribution in [1.29, 1.82) is 0 Å². The lowest BCUT2D eigenvalue weighted by Gasteiger charge is -2.30. The number of ether oxygens (including phenoxy) is 1. The number of carbonyl (C=O) groups is 1. The number of carboxylic acid groups (broad SMARTS) is 1. The van der Waals surface area contributed by atoms with Crippen LogP contribution < -0.4 is 5.11 Å². The van der Waals surface area contributed by atoms with Crippen LogP contribution in [0.25, 0.3) is 0 Å². The Balaban J connectivity index is 2.55. The molecule has 1 fully saturated rings. The first kappa shape index (κ1) is 15.7. The maximum Gasteiger partial charge on any atom is 0.326 e. The van der Waals surface area contributed by atoms with Crippen LogP contribution in [0.15, 0.2) is 4.99 Å². The normalized spacial score (nSPS) is 20.5. The molecule has 0 spiro atoms. The summed E-state index contributed by atoms with van der Waals surface area (Å²) in [6.45, 7) is 5.84. The van der Waals surface area contributed by atoms with Gasteiger partial charge in [-0.1, -0.05) is 33.0 Å². The lowest BCUT2D eigenvalue weighted by Crippen LogP contribution is -2.41. The monoisotopic (exact) mass is 287 g/mol.